The van der Waals surface area contributed by atoms with Crippen LogP contribution in [0.25, 0.3) is 33.1 Å². The average Bonchev–Trinajstić information content (AvgIpc) is 3.92. The van der Waals surface area contributed by atoms with Gasteiger partial charge in [0.1, 0.15) is 21.9 Å². The van der Waals surface area contributed by atoms with E-state index in [-0.39, 0.29) is 35.5 Å². The molecule has 0 radical (unpaired) electrons. The van der Waals surface area contributed by atoms with Crippen LogP contribution in [0, 0.1) is 5.82 Å². The number of esters is 1. The van der Waals surface area contributed by atoms with Crippen LogP contribution in [0.3, 0.4) is 0 Å². The van der Waals surface area contributed by atoms with Crippen molar-refractivity contribution in [3.05, 3.63) is 179 Å². The number of aromatic nitrogens is 6. The highest BCUT2D eigenvalue weighted by Gasteiger charge is 2.41. The van der Waals surface area contributed by atoms with Gasteiger partial charge in [0.25, 0.3) is 0 Å². The minimum Gasteiger partial charge on any atom is -0.466 e. The molecule has 1 unspecified atom stereocenters. The SMILES string of the molecule is CCOC(=O)CC(Nc1nc(-c2cn(C(c3ccccc3)(c3ccccc3)c3ccccc3)c3ncc(Cl)nc23)nc(-c2cccs2)c1F)C(C)(C)c1ccccn1. The van der Waals surface area contributed by atoms with Gasteiger partial charge in [0.15, 0.2) is 23.1 Å². The van der Waals surface area contributed by atoms with Crippen molar-refractivity contribution < 1.29 is 13.9 Å². The summed E-state index contributed by atoms with van der Waals surface area (Å²) >= 11 is 7.98. The van der Waals surface area contributed by atoms with Gasteiger partial charge in [0.05, 0.1) is 29.7 Å². The summed E-state index contributed by atoms with van der Waals surface area (Å²) in [7, 11) is 0. The fourth-order valence-corrected chi connectivity index (χ4v) is 8.39. The molecule has 5 aromatic heterocycles. The van der Waals surface area contributed by atoms with Crippen LogP contribution in [0.15, 0.2) is 145 Å². The lowest BCUT2D eigenvalue weighted by Crippen LogP contribution is -2.42. The highest BCUT2D eigenvalue weighted by Crippen LogP contribution is 2.45. The number of anilines is 1. The maximum Gasteiger partial charge on any atom is 0.307 e. The van der Waals surface area contributed by atoms with Crippen molar-refractivity contribution in [2.45, 2.75) is 44.2 Å². The number of fused-ring (bicyclic) bond motifs is 1. The molecule has 290 valence electrons. The van der Waals surface area contributed by atoms with E-state index < -0.39 is 28.8 Å². The third-order valence-corrected chi connectivity index (χ3v) is 11.5. The monoisotopic (exact) mass is 807 g/mol. The Bertz CT molecular complexity index is 2570. The fourth-order valence-electron chi connectivity index (χ4n) is 7.54. The molecule has 1 N–H and O–H groups in total. The van der Waals surface area contributed by atoms with Gasteiger partial charge in [-0.3, -0.25) is 9.78 Å². The van der Waals surface area contributed by atoms with E-state index in [1.165, 1.54) is 17.5 Å². The largest absolute Gasteiger partial charge is 0.466 e. The molecule has 0 spiro atoms. The van der Waals surface area contributed by atoms with Crippen molar-refractivity contribution in [1.29, 1.82) is 0 Å². The topological polar surface area (TPSA) is 108 Å². The van der Waals surface area contributed by atoms with E-state index >= 15 is 4.39 Å². The van der Waals surface area contributed by atoms with E-state index in [0.717, 1.165) is 16.7 Å². The number of nitrogens with zero attached hydrogens (tertiary/aromatic N) is 6. The number of hydrogen-bond donors (Lipinski definition) is 1. The van der Waals surface area contributed by atoms with Gasteiger partial charge in [-0.05, 0) is 47.2 Å². The number of nitrogens with one attached hydrogen (secondary N) is 1. The van der Waals surface area contributed by atoms with Gasteiger partial charge in [-0.1, -0.05) is 129 Å². The molecule has 0 saturated carbocycles. The van der Waals surface area contributed by atoms with Gasteiger partial charge in [-0.15, -0.1) is 11.3 Å². The summed E-state index contributed by atoms with van der Waals surface area (Å²) in [5.41, 5.74) is 3.33. The van der Waals surface area contributed by atoms with Crippen LogP contribution in [0.1, 0.15) is 49.6 Å². The molecule has 8 aromatic rings. The zero-order chi connectivity index (χ0) is 40.3. The molecule has 9 nitrogen and oxygen atoms in total. The molecular formula is C46H39ClFN7O2S. The average molecular weight is 808 g/mol. The number of carbonyl (C=O) groups excluding carboxylic acids is 1. The predicted octanol–water partition coefficient (Wildman–Crippen LogP) is 10.4. The van der Waals surface area contributed by atoms with Crippen molar-refractivity contribution in [2.75, 3.05) is 11.9 Å². The van der Waals surface area contributed by atoms with E-state index in [1.54, 1.807) is 13.1 Å². The number of ether oxygens (including phenoxy) is 1. The molecule has 0 aliphatic rings. The lowest BCUT2D eigenvalue weighted by atomic mass is 9.76. The van der Waals surface area contributed by atoms with Gasteiger partial charge in [0.2, 0.25) is 0 Å². The highest BCUT2D eigenvalue weighted by atomic mass is 35.5. The number of thiophene rings is 1. The first-order valence-electron chi connectivity index (χ1n) is 18.9. The smallest absolute Gasteiger partial charge is 0.307 e. The molecule has 0 bridgehead atoms. The molecule has 8 rings (SSSR count). The van der Waals surface area contributed by atoms with Gasteiger partial charge in [-0.25, -0.2) is 24.3 Å². The summed E-state index contributed by atoms with van der Waals surface area (Å²) in [5.74, 6) is -1.02. The van der Waals surface area contributed by atoms with E-state index in [0.29, 0.717) is 27.3 Å². The minimum absolute atomic E-state index is 0.0847. The Morgan fingerprint density at radius 1 is 0.845 bits per heavy atom. The first-order chi connectivity index (χ1) is 28.2. The maximum absolute atomic E-state index is 17.0. The molecule has 3 aromatic carbocycles. The Labute approximate surface area is 344 Å². The van der Waals surface area contributed by atoms with Crippen molar-refractivity contribution in [3.63, 3.8) is 0 Å². The number of hydrogen-bond acceptors (Lipinski definition) is 9. The fraction of sp³-hybridized carbons (Fsp3) is 0.174. The summed E-state index contributed by atoms with van der Waals surface area (Å²) < 4.78 is 24.5. The van der Waals surface area contributed by atoms with Gasteiger partial charge in [0, 0.05) is 29.5 Å². The molecule has 5 heterocycles. The van der Waals surface area contributed by atoms with Gasteiger partial charge < -0.3 is 14.6 Å². The number of halogens is 2. The third-order valence-electron chi connectivity index (χ3n) is 10.4. The first-order valence-corrected chi connectivity index (χ1v) is 20.1. The second-order valence-electron chi connectivity index (χ2n) is 14.3. The Morgan fingerprint density at radius 2 is 1.48 bits per heavy atom. The summed E-state index contributed by atoms with van der Waals surface area (Å²) in [4.78, 5) is 37.9. The Morgan fingerprint density at radius 3 is 2.05 bits per heavy atom. The zero-order valence-electron chi connectivity index (χ0n) is 32.0. The van der Waals surface area contributed by atoms with Crippen LogP contribution in [0.4, 0.5) is 10.2 Å². The zero-order valence-corrected chi connectivity index (χ0v) is 33.6. The molecule has 58 heavy (non-hydrogen) atoms. The Hall–Kier alpha value is -6.30. The van der Waals surface area contributed by atoms with Crippen LogP contribution in [-0.4, -0.2) is 48.1 Å². The maximum atomic E-state index is 17.0. The molecule has 0 aliphatic carbocycles. The molecule has 0 saturated heterocycles. The summed E-state index contributed by atoms with van der Waals surface area (Å²) in [5, 5.41) is 5.36. The van der Waals surface area contributed by atoms with Crippen molar-refractivity contribution in [1.82, 2.24) is 29.5 Å². The second-order valence-corrected chi connectivity index (χ2v) is 15.6. The van der Waals surface area contributed by atoms with Gasteiger partial charge >= 0.3 is 5.97 Å². The standard InChI is InChI=1S/C46H39ClFN7O2S/c1-4-57-38(56)27-36(45(2,3)35-24-14-15-25-49-35)51-43-39(48)41(34-23-16-26-58-34)53-42(54-43)33-29-55(44-40(33)52-37(47)28-50-44)46(30-17-8-5-9-18-30,31-19-10-6-11-20-31)32-21-12-7-13-22-32/h5-26,28-29,36H,4,27H2,1-3H3,(H,51,53,54). The van der Waals surface area contributed by atoms with E-state index in [2.05, 4.69) is 51.3 Å². The molecule has 12 heteroatoms. The van der Waals surface area contributed by atoms with Crippen LogP contribution in [0.2, 0.25) is 5.15 Å². The van der Waals surface area contributed by atoms with Crippen LogP contribution < -0.4 is 5.32 Å². The summed E-state index contributed by atoms with van der Waals surface area (Å²) in [6.45, 7) is 5.86. The molecular weight excluding hydrogens is 769 g/mol. The number of pyridine rings is 1. The number of carbonyl (C=O) groups is 1. The van der Waals surface area contributed by atoms with Crippen LogP contribution in [0.5, 0.6) is 0 Å². The molecule has 0 amide bonds. The number of benzene rings is 3. The Kier molecular flexibility index (Phi) is 10.8. The third kappa shape index (κ3) is 7.12. The predicted molar refractivity (Wildman–Crippen MR) is 227 cm³/mol. The van der Waals surface area contributed by atoms with E-state index in [4.69, 9.17) is 36.3 Å². The van der Waals surface area contributed by atoms with Crippen molar-refractivity contribution in [3.8, 4) is 22.0 Å². The summed E-state index contributed by atoms with van der Waals surface area (Å²) in [6.07, 6.45) is 5.06. The van der Waals surface area contributed by atoms with Gasteiger partial charge in [-0.2, -0.15) is 0 Å². The van der Waals surface area contributed by atoms with Crippen molar-refractivity contribution >= 4 is 45.9 Å². The number of rotatable bonds is 13. The van der Waals surface area contributed by atoms with Crippen LogP contribution in [-0.2, 0) is 20.5 Å². The molecule has 1 atom stereocenters. The lowest BCUT2D eigenvalue weighted by molar-refractivity contribution is -0.143. The second kappa shape index (κ2) is 16.3. The summed E-state index contributed by atoms with van der Waals surface area (Å²) in [6, 6.07) is 39.1. The minimum atomic E-state index is -0.974. The quantitative estimate of drug-likeness (QED) is 0.0906. The molecule has 0 fully saturated rings. The van der Waals surface area contributed by atoms with E-state index in [9.17, 15) is 4.79 Å². The lowest BCUT2D eigenvalue weighted by Gasteiger charge is -2.38. The Balaban J connectivity index is 1.40. The van der Waals surface area contributed by atoms with E-state index in [1.807, 2.05) is 110 Å². The molecule has 0 aliphatic heterocycles. The highest BCUT2D eigenvalue weighted by molar-refractivity contribution is 7.13. The van der Waals surface area contributed by atoms with Crippen molar-refractivity contribution in [2.24, 2.45) is 0 Å². The first kappa shape index (κ1) is 38.6. The van der Waals surface area contributed by atoms with Crippen LogP contribution >= 0.6 is 22.9 Å². The normalized spacial score (nSPS) is 12.4.